The Balaban J connectivity index is 0.000000333. The van der Waals surface area contributed by atoms with E-state index in [2.05, 4.69) is 23.8 Å². The van der Waals surface area contributed by atoms with Gasteiger partial charge in [0.05, 0.1) is 12.2 Å². The van der Waals surface area contributed by atoms with Gasteiger partial charge in [-0.3, -0.25) is 4.79 Å². The summed E-state index contributed by atoms with van der Waals surface area (Å²) >= 11 is 0. The zero-order valence-corrected chi connectivity index (χ0v) is 12.2. The lowest BCUT2D eigenvalue weighted by molar-refractivity contribution is -0.138. The van der Waals surface area contributed by atoms with Gasteiger partial charge in [0.25, 0.3) is 0 Å². The normalized spacial score (nSPS) is 11.6. The zero-order chi connectivity index (χ0) is 15.0. The lowest BCUT2D eigenvalue weighted by Crippen LogP contribution is -2.07. The van der Waals surface area contributed by atoms with Crippen molar-refractivity contribution >= 4 is 5.97 Å². The first-order chi connectivity index (χ1) is 9.50. The lowest BCUT2D eigenvalue weighted by Gasteiger charge is -2.09. The molecule has 1 aromatic carbocycles. The molecule has 20 heavy (non-hydrogen) atoms. The van der Waals surface area contributed by atoms with Crippen LogP contribution in [-0.4, -0.2) is 21.0 Å². The average molecular weight is 274 g/mol. The first kappa shape index (κ1) is 16.0. The van der Waals surface area contributed by atoms with E-state index in [4.69, 9.17) is 5.11 Å². The van der Waals surface area contributed by atoms with Crippen LogP contribution in [0.5, 0.6) is 0 Å². The standard InChI is InChI=1S/C13H18O2.C3H4N2/c1-9(2)8-11-4-6-12(7-5-11)10(3)13(14)15;1-2-5-3-4-1/h4-7,9-10H,8H2,1-3H3,(H,14,15);1-3H,(H,4,5). The average Bonchev–Trinajstić information content (AvgIpc) is 2.97. The molecule has 0 spiro atoms. The predicted octanol–water partition coefficient (Wildman–Crippen LogP) is 3.48. The SMILES string of the molecule is CC(C)Cc1ccc(C(C)C(=O)O)cc1.c1c[nH]cn1. The molecule has 0 saturated carbocycles. The number of nitrogens with one attached hydrogen (secondary N) is 1. The predicted molar refractivity (Wildman–Crippen MR) is 79.6 cm³/mol. The first-order valence-corrected chi connectivity index (χ1v) is 6.75. The summed E-state index contributed by atoms with van der Waals surface area (Å²) in [6, 6.07) is 7.87. The Labute approximate surface area is 119 Å². The molecular formula is C16H22N2O2. The summed E-state index contributed by atoms with van der Waals surface area (Å²) in [7, 11) is 0. The molecule has 0 aliphatic carbocycles. The molecule has 4 heteroatoms. The fraction of sp³-hybridized carbons (Fsp3) is 0.375. The van der Waals surface area contributed by atoms with Crippen LogP contribution in [0.3, 0.4) is 0 Å². The highest BCUT2D eigenvalue weighted by molar-refractivity contribution is 5.75. The van der Waals surface area contributed by atoms with Crippen molar-refractivity contribution in [1.29, 1.82) is 0 Å². The fourth-order valence-corrected chi connectivity index (χ4v) is 1.77. The van der Waals surface area contributed by atoms with Gasteiger partial charge in [-0.2, -0.15) is 0 Å². The van der Waals surface area contributed by atoms with Crippen LogP contribution in [0.25, 0.3) is 0 Å². The number of carbonyl (C=O) groups is 1. The van der Waals surface area contributed by atoms with Crippen molar-refractivity contribution in [2.24, 2.45) is 5.92 Å². The molecule has 108 valence electrons. The Kier molecular flexibility index (Phi) is 6.50. The molecule has 1 heterocycles. The number of aromatic amines is 1. The van der Waals surface area contributed by atoms with Crippen LogP contribution in [0.2, 0.25) is 0 Å². The Hall–Kier alpha value is -2.10. The maximum absolute atomic E-state index is 10.8. The molecule has 0 aliphatic heterocycles. The van der Waals surface area contributed by atoms with Gasteiger partial charge in [0.1, 0.15) is 0 Å². The number of carboxylic acids is 1. The molecule has 0 fully saturated rings. The third-order valence-electron chi connectivity index (χ3n) is 2.90. The van der Waals surface area contributed by atoms with Crippen LogP contribution in [0.4, 0.5) is 0 Å². The van der Waals surface area contributed by atoms with Crippen LogP contribution in [0.1, 0.15) is 37.8 Å². The van der Waals surface area contributed by atoms with E-state index in [9.17, 15) is 4.79 Å². The van der Waals surface area contributed by atoms with Crippen molar-refractivity contribution in [3.63, 3.8) is 0 Å². The molecule has 1 aromatic heterocycles. The molecule has 4 nitrogen and oxygen atoms in total. The Morgan fingerprint density at radius 2 is 1.90 bits per heavy atom. The molecular weight excluding hydrogens is 252 g/mol. The molecule has 0 bridgehead atoms. The summed E-state index contributed by atoms with van der Waals surface area (Å²) in [5, 5.41) is 8.85. The van der Waals surface area contributed by atoms with Crippen LogP contribution < -0.4 is 0 Å². The molecule has 0 saturated heterocycles. The Morgan fingerprint density at radius 3 is 2.25 bits per heavy atom. The minimum absolute atomic E-state index is 0.418. The minimum atomic E-state index is -0.772. The van der Waals surface area contributed by atoms with Crippen molar-refractivity contribution in [2.75, 3.05) is 0 Å². The number of imidazole rings is 1. The molecule has 0 aliphatic rings. The topological polar surface area (TPSA) is 66.0 Å². The maximum Gasteiger partial charge on any atom is 0.310 e. The monoisotopic (exact) mass is 274 g/mol. The first-order valence-electron chi connectivity index (χ1n) is 6.75. The van der Waals surface area contributed by atoms with Crippen LogP contribution in [0, 0.1) is 5.92 Å². The third kappa shape index (κ3) is 5.69. The van der Waals surface area contributed by atoms with Gasteiger partial charge >= 0.3 is 5.97 Å². The second kappa shape index (κ2) is 8.15. The summed E-state index contributed by atoms with van der Waals surface area (Å²) in [6.45, 7) is 6.06. The molecule has 0 amide bonds. The number of benzene rings is 1. The summed E-state index contributed by atoms with van der Waals surface area (Å²) in [4.78, 5) is 17.2. The molecule has 0 radical (unpaired) electrons. The molecule has 2 aromatic rings. The van der Waals surface area contributed by atoms with Gasteiger partial charge in [0.2, 0.25) is 0 Å². The number of carboxylic acid groups (broad SMARTS) is 1. The van der Waals surface area contributed by atoms with E-state index in [1.165, 1.54) is 5.56 Å². The second-order valence-corrected chi connectivity index (χ2v) is 5.16. The van der Waals surface area contributed by atoms with Crippen molar-refractivity contribution in [3.05, 3.63) is 54.1 Å². The highest BCUT2D eigenvalue weighted by atomic mass is 16.4. The number of aliphatic carboxylic acids is 1. The van der Waals surface area contributed by atoms with Gasteiger partial charge in [-0.15, -0.1) is 0 Å². The van der Waals surface area contributed by atoms with E-state index in [-0.39, 0.29) is 0 Å². The Bertz CT molecular complexity index is 472. The number of hydrogen-bond acceptors (Lipinski definition) is 2. The fourth-order valence-electron chi connectivity index (χ4n) is 1.77. The molecule has 1 atom stereocenters. The molecule has 2 rings (SSSR count). The minimum Gasteiger partial charge on any atom is -0.481 e. The van der Waals surface area contributed by atoms with E-state index in [1.807, 2.05) is 24.3 Å². The summed E-state index contributed by atoms with van der Waals surface area (Å²) < 4.78 is 0. The van der Waals surface area contributed by atoms with Crippen LogP contribution >= 0.6 is 0 Å². The van der Waals surface area contributed by atoms with Crippen molar-refractivity contribution < 1.29 is 9.90 Å². The third-order valence-corrected chi connectivity index (χ3v) is 2.90. The number of nitrogens with zero attached hydrogens (tertiary/aromatic N) is 1. The van der Waals surface area contributed by atoms with E-state index in [0.29, 0.717) is 5.92 Å². The number of H-pyrrole nitrogens is 1. The van der Waals surface area contributed by atoms with Crippen molar-refractivity contribution in [2.45, 2.75) is 33.1 Å². The molecule has 2 N–H and O–H groups in total. The smallest absolute Gasteiger partial charge is 0.310 e. The summed E-state index contributed by atoms with van der Waals surface area (Å²) in [6.07, 6.45) is 6.13. The maximum atomic E-state index is 10.8. The van der Waals surface area contributed by atoms with Gasteiger partial charge in [-0.1, -0.05) is 38.1 Å². The number of rotatable bonds is 4. The van der Waals surface area contributed by atoms with Gasteiger partial charge in [0, 0.05) is 12.4 Å². The van der Waals surface area contributed by atoms with Gasteiger partial charge in [-0.25, -0.2) is 4.98 Å². The second-order valence-electron chi connectivity index (χ2n) is 5.16. The zero-order valence-electron chi connectivity index (χ0n) is 12.2. The van der Waals surface area contributed by atoms with Crippen LogP contribution in [-0.2, 0) is 11.2 Å². The highest BCUT2D eigenvalue weighted by Crippen LogP contribution is 2.17. The number of hydrogen-bond donors (Lipinski definition) is 2. The van der Waals surface area contributed by atoms with E-state index in [1.54, 1.807) is 25.6 Å². The summed E-state index contributed by atoms with van der Waals surface area (Å²) in [5.41, 5.74) is 2.14. The van der Waals surface area contributed by atoms with Crippen molar-refractivity contribution in [3.8, 4) is 0 Å². The van der Waals surface area contributed by atoms with E-state index in [0.717, 1.165) is 12.0 Å². The summed E-state index contributed by atoms with van der Waals surface area (Å²) in [5.74, 6) is -0.558. The van der Waals surface area contributed by atoms with Crippen LogP contribution in [0.15, 0.2) is 43.0 Å². The Morgan fingerprint density at radius 1 is 1.25 bits per heavy atom. The largest absolute Gasteiger partial charge is 0.481 e. The van der Waals surface area contributed by atoms with E-state index >= 15 is 0 Å². The lowest BCUT2D eigenvalue weighted by atomic mass is 9.97. The van der Waals surface area contributed by atoms with E-state index < -0.39 is 11.9 Å². The van der Waals surface area contributed by atoms with Crippen molar-refractivity contribution in [1.82, 2.24) is 9.97 Å². The highest BCUT2D eigenvalue weighted by Gasteiger charge is 2.12. The van der Waals surface area contributed by atoms with Gasteiger partial charge in [-0.05, 0) is 30.4 Å². The van der Waals surface area contributed by atoms with Gasteiger partial charge < -0.3 is 10.1 Å². The van der Waals surface area contributed by atoms with Gasteiger partial charge in [0.15, 0.2) is 0 Å². The molecule has 1 unspecified atom stereocenters. The number of aromatic nitrogens is 2. The quantitative estimate of drug-likeness (QED) is 0.897.